The molecule has 0 aliphatic carbocycles. The third-order valence-electron chi connectivity index (χ3n) is 3.34. The standard InChI is InChI=1S/C16H30O5/c1-6-14(10-17)21-16(19-5)11-20-15(18)9-7-8-13(4)12(2)3/h12,14,16-17H,4,6-11H2,1-3,5H3. The van der Waals surface area contributed by atoms with Crippen LogP contribution in [0.2, 0.25) is 0 Å². The molecule has 0 fully saturated rings. The SMILES string of the molecule is C=C(CCCC(=O)OCC(OC)OC(CC)CO)C(C)C. The first-order chi connectivity index (χ1) is 9.94. The molecule has 0 spiro atoms. The lowest BCUT2D eigenvalue weighted by molar-refractivity contribution is -0.194. The Bertz CT molecular complexity index is 297. The van der Waals surface area contributed by atoms with Gasteiger partial charge in [0.15, 0.2) is 6.29 Å². The lowest BCUT2D eigenvalue weighted by atomic mass is 10.00. The second kappa shape index (κ2) is 11.7. The van der Waals surface area contributed by atoms with E-state index in [9.17, 15) is 4.79 Å². The zero-order valence-electron chi connectivity index (χ0n) is 13.8. The average molecular weight is 302 g/mol. The van der Waals surface area contributed by atoms with Gasteiger partial charge in [-0.3, -0.25) is 4.79 Å². The number of carbonyl (C=O) groups is 1. The van der Waals surface area contributed by atoms with Crippen LogP contribution >= 0.6 is 0 Å². The monoisotopic (exact) mass is 302 g/mol. The van der Waals surface area contributed by atoms with E-state index in [0.29, 0.717) is 18.8 Å². The van der Waals surface area contributed by atoms with Crippen molar-refractivity contribution in [3.63, 3.8) is 0 Å². The normalized spacial score (nSPS) is 14.0. The van der Waals surface area contributed by atoms with Gasteiger partial charge in [0.1, 0.15) is 6.61 Å². The maximum atomic E-state index is 11.6. The minimum absolute atomic E-state index is 0.0387. The van der Waals surface area contributed by atoms with E-state index in [0.717, 1.165) is 18.4 Å². The maximum absolute atomic E-state index is 11.6. The Morgan fingerprint density at radius 1 is 1.29 bits per heavy atom. The molecule has 0 saturated heterocycles. The summed E-state index contributed by atoms with van der Waals surface area (Å²) < 4.78 is 15.7. The van der Waals surface area contributed by atoms with Gasteiger partial charge in [0.2, 0.25) is 0 Å². The van der Waals surface area contributed by atoms with Crippen molar-refractivity contribution < 1.29 is 24.1 Å². The molecule has 0 aromatic heterocycles. The lowest BCUT2D eigenvalue weighted by Crippen LogP contribution is -2.30. The van der Waals surface area contributed by atoms with E-state index in [1.54, 1.807) is 0 Å². The Morgan fingerprint density at radius 2 is 1.95 bits per heavy atom. The predicted octanol–water partition coefficient (Wildman–Crippen LogP) is 2.67. The lowest BCUT2D eigenvalue weighted by Gasteiger charge is -2.21. The third-order valence-corrected chi connectivity index (χ3v) is 3.34. The molecule has 0 aliphatic heterocycles. The number of carbonyl (C=O) groups excluding carboxylic acids is 1. The smallest absolute Gasteiger partial charge is 0.305 e. The van der Waals surface area contributed by atoms with E-state index in [1.165, 1.54) is 7.11 Å². The first-order valence-corrected chi connectivity index (χ1v) is 7.56. The molecule has 0 radical (unpaired) electrons. The van der Waals surface area contributed by atoms with E-state index in [-0.39, 0.29) is 25.3 Å². The van der Waals surface area contributed by atoms with Gasteiger partial charge in [-0.2, -0.15) is 0 Å². The zero-order valence-corrected chi connectivity index (χ0v) is 13.8. The number of aliphatic hydroxyl groups is 1. The van der Waals surface area contributed by atoms with Gasteiger partial charge in [-0.1, -0.05) is 32.9 Å². The molecule has 0 amide bonds. The molecule has 2 atom stereocenters. The van der Waals surface area contributed by atoms with Crippen LogP contribution in [0.4, 0.5) is 0 Å². The average Bonchev–Trinajstić information content (AvgIpc) is 2.47. The zero-order chi connectivity index (χ0) is 16.3. The number of hydrogen-bond acceptors (Lipinski definition) is 5. The summed E-state index contributed by atoms with van der Waals surface area (Å²) in [6, 6.07) is 0. The largest absolute Gasteiger partial charge is 0.460 e. The second-order valence-corrected chi connectivity index (χ2v) is 5.36. The molecule has 0 aromatic rings. The first kappa shape index (κ1) is 20.1. The number of allylic oxidation sites excluding steroid dienone is 1. The molecule has 0 heterocycles. The van der Waals surface area contributed by atoms with Crippen LogP contribution in [0.5, 0.6) is 0 Å². The van der Waals surface area contributed by atoms with Crippen LogP contribution in [-0.2, 0) is 19.0 Å². The fraction of sp³-hybridized carbons (Fsp3) is 0.812. The molecule has 124 valence electrons. The van der Waals surface area contributed by atoms with Crippen molar-refractivity contribution in [1.82, 2.24) is 0 Å². The van der Waals surface area contributed by atoms with Crippen LogP contribution in [0.3, 0.4) is 0 Å². The van der Waals surface area contributed by atoms with E-state index in [1.807, 2.05) is 6.92 Å². The summed E-state index contributed by atoms with van der Waals surface area (Å²) in [7, 11) is 1.48. The first-order valence-electron chi connectivity index (χ1n) is 7.56. The number of ether oxygens (including phenoxy) is 3. The number of esters is 1. The number of methoxy groups -OCH3 is 1. The maximum Gasteiger partial charge on any atom is 0.305 e. The molecule has 2 unspecified atom stereocenters. The summed E-state index contributed by atoms with van der Waals surface area (Å²) in [5, 5.41) is 9.06. The van der Waals surface area contributed by atoms with E-state index in [2.05, 4.69) is 20.4 Å². The molecule has 0 saturated carbocycles. The van der Waals surface area contributed by atoms with Crippen molar-refractivity contribution in [2.45, 2.75) is 58.8 Å². The highest BCUT2D eigenvalue weighted by molar-refractivity contribution is 5.69. The topological polar surface area (TPSA) is 65.0 Å². The number of aliphatic hydroxyl groups excluding tert-OH is 1. The van der Waals surface area contributed by atoms with Crippen molar-refractivity contribution in [1.29, 1.82) is 0 Å². The highest BCUT2D eigenvalue weighted by atomic mass is 16.7. The minimum atomic E-state index is -0.642. The molecule has 21 heavy (non-hydrogen) atoms. The van der Waals surface area contributed by atoms with E-state index in [4.69, 9.17) is 19.3 Å². The Kier molecular flexibility index (Phi) is 11.2. The van der Waals surface area contributed by atoms with Crippen LogP contribution < -0.4 is 0 Å². The summed E-state index contributed by atoms with van der Waals surface area (Å²) in [4.78, 5) is 11.6. The molecular weight excluding hydrogens is 272 g/mol. The van der Waals surface area contributed by atoms with Crippen LogP contribution in [0.1, 0.15) is 46.5 Å². The van der Waals surface area contributed by atoms with Gasteiger partial charge in [-0.05, 0) is 25.2 Å². The summed E-state index contributed by atoms with van der Waals surface area (Å²) in [6.45, 7) is 10.0. The Balaban J connectivity index is 3.91. The van der Waals surface area contributed by atoms with Crippen molar-refractivity contribution in [3.8, 4) is 0 Å². The van der Waals surface area contributed by atoms with Crippen LogP contribution in [0.15, 0.2) is 12.2 Å². The van der Waals surface area contributed by atoms with Crippen molar-refractivity contribution in [2.75, 3.05) is 20.3 Å². The summed E-state index contributed by atoms with van der Waals surface area (Å²) in [6.07, 6.45) is 1.66. The van der Waals surface area contributed by atoms with Gasteiger partial charge in [-0.15, -0.1) is 0 Å². The van der Waals surface area contributed by atoms with Crippen molar-refractivity contribution in [3.05, 3.63) is 12.2 Å². The highest BCUT2D eigenvalue weighted by Crippen LogP contribution is 2.14. The van der Waals surface area contributed by atoms with Gasteiger partial charge < -0.3 is 19.3 Å². The van der Waals surface area contributed by atoms with Crippen LogP contribution in [0, 0.1) is 5.92 Å². The molecule has 0 aliphatic rings. The quantitative estimate of drug-likeness (QED) is 0.341. The molecular formula is C16H30O5. The van der Waals surface area contributed by atoms with Crippen molar-refractivity contribution in [2.24, 2.45) is 5.92 Å². The van der Waals surface area contributed by atoms with Gasteiger partial charge in [0, 0.05) is 13.5 Å². The van der Waals surface area contributed by atoms with E-state index < -0.39 is 6.29 Å². The fourth-order valence-electron chi connectivity index (χ4n) is 1.63. The van der Waals surface area contributed by atoms with Gasteiger partial charge in [-0.25, -0.2) is 0 Å². The molecule has 1 N–H and O–H groups in total. The summed E-state index contributed by atoms with van der Waals surface area (Å²) in [5.41, 5.74) is 1.15. The van der Waals surface area contributed by atoms with Crippen LogP contribution in [0.25, 0.3) is 0 Å². The molecule has 5 nitrogen and oxygen atoms in total. The molecule has 0 rings (SSSR count). The van der Waals surface area contributed by atoms with Gasteiger partial charge in [0.05, 0.1) is 12.7 Å². The Labute approximate surface area is 128 Å². The second-order valence-electron chi connectivity index (χ2n) is 5.36. The highest BCUT2D eigenvalue weighted by Gasteiger charge is 2.16. The number of rotatable bonds is 12. The van der Waals surface area contributed by atoms with Crippen molar-refractivity contribution >= 4 is 5.97 Å². The third kappa shape index (κ3) is 9.61. The minimum Gasteiger partial charge on any atom is -0.460 e. The van der Waals surface area contributed by atoms with Gasteiger partial charge in [0.25, 0.3) is 0 Å². The Hall–Kier alpha value is -0.910. The number of hydrogen-bond donors (Lipinski definition) is 1. The summed E-state index contributed by atoms with van der Waals surface area (Å²) in [5.74, 6) is 0.172. The summed E-state index contributed by atoms with van der Waals surface area (Å²) >= 11 is 0. The van der Waals surface area contributed by atoms with E-state index >= 15 is 0 Å². The molecule has 0 aromatic carbocycles. The molecule has 0 bridgehead atoms. The van der Waals surface area contributed by atoms with Crippen LogP contribution in [-0.4, -0.2) is 43.8 Å². The predicted molar refractivity (Wildman–Crippen MR) is 81.8 cm³/mol. The molecule has 5 heteroatoms. The Morgan fingerprint density at radius 3 is 2.43 bits per heavy atom. The fourth-order valence-corrected chi connectivity index (χ4v) is 1.63. The van der Waals surface area contributed by atoms with Gasteiger partial charge >= 0.3 is 5.97 Å².